The van der Waals surface area contributed by atoms with Crippen molar-refractivity contribution in [2.24, 2.45) is 29.4 Å². The van der Waals surface area contributed by atoms with Crippen molar-refractivity contribution in [2.45, 2.75) is 84.3 Å². The lowest BCUT2D eigenvalue weighted by Gasteiger charge is -2.36. The molecule has 0 aromatic rings. The fourth-order valence-corrected chi connectivity index (χ4v) is 4.17. The topological polar surface area (TPSA) is 149 Å². The number of nitrogens with two attached hydrogens (primary N) is 1. The van der Waals surface area contributed by atoms with E-state index in [1.807, 2.05) is 0 Å². The number of hydrogen-bond acceptors (Lipinski definition) is 8. The van der Waals surface area contributed by atoms with Gasteiger partial charge in [0.15, 0.2) is 0 Å². The van der Waals surface area contributed by atoms with E-state index in [1.54, 1.807) is 0 Å². The summed E-state index contributed by atoms with van der Waals surface area (Å²) in [6, 6.07) is 0. The van der Waals surface area contributed by atoms with E-state index in [2.05, 4.69) is 25.5 Å². The molecule has 0 saturated heterocycles. The number of primary amides is 1. The van der Waals surface area contributed by atoms with Crippen LogP contribution in [0.25, 0.3) is 0 Å². The molecule has 9 nitrogen and oxygen atoms in total. The zero-order valence-electron chi connectivity index (χ0n) is 20.9. The van der Waals surface area contributed by atoms with E-state index in [4.69, 9.17) is 30.5 Å². The van der Waals surface area contributed by atoms with Crippen molar-refractivity contribution in [3.05, 3.63) is 0 Å². The second-order valence-electron chi connectivity index (χ2n) is 9.33. The summed E-state index contributed by atoms with van der Waals surface area (Å²) in [5.74, 6) is 1.63. The molecule has 9 heteroatoms. The third-order valence-corrected chi connectivity index (χ3v) is 6.10. The molecular formula is C24H47NO8. The Morgan fingerprint density at radius 1 is 1.06 bits per heavy atom. The van der Waals surface area contributed by atoms with E-state index in [9.17, 15) is 9.59 Å². The Morgan fingerprint density at radius 2 is 1.70 bits per heavy atom. The van der Waals surface area contributed by atoms with Crippen LogP contribution in [0.5, 0.6) is 0 Å². The highest BCUT2D eigenvalue weighted by Gasteiger charge is 2.33. The number of carbonyl (C=O) groups is 2. The summed E-state index contributed by atoms with van der Waals surface area (Å²) in [6.45, 7) is 6.33. The summed E-state index contributed by atoms with van der Waals surface area (Å²) < 4.78 is 14.6. The third-order valence-electron chi connectivity index (χ3n) is 6.10. The molecule has 4 atom stereocenters. The first kappa shape index (κ1) is 31.6. The SMILES string of the molecule is CC1CCC(C(C)C)C(OC(=O)OCCO)C1.COCC(O)CO.NC(=O)C1CCCCC1. The van der Waals surface area contributed by atoms with Crippen LogP contribution in [0.15, 0.2) is 0 Å². The Bertz CT molecular complexity index is 511. The molecule has 0 aliphatic heterocycles. The van der Waals surface area contributed by atoms with E-state index < -0.39 is 12.3 Å². The summed E-state index contributed by atoms with van der Waals surface area (Å²) in [5, 5.41) is 25.2. The van der Waals surface area contributed by atoms with Crippen LogP contribution >= 0.6 is 0 Å². The number of hydrogen-bond donors (Lipinski definition) is 4. The largest absolute Gasteiger partial charge is 0.508 e. The molecule has 2 aliphatic carbocycles. The number of rotatable bonds is 8. The lowest BCUT2D eigenvalue weighted by atomic mass is 9.75. The Hall–Kier alpha value is -1.42. The Kier molecular flexibility index (Phi) is 18.1. The maximum atomic E-state index is 11.4. The minimum absolute atomic E-state index is 0.00739. The smallest absolute Gasteiger partial charge is 0.432 e. The van der Waals surface area contributed by atoms with Crippen LogP contribution in [-0.4, -0.2) is 73.1 Å². The van der Waals surface area contributed by atoms with Crippen LogP contribution in [0.1, 0.15) is 72.1 Å². The number of aliphatic hydroxyl groups is 3. The van der Waals surface area contributed by atoms with Gasteiger partial charge in [-0.25, -0.2) is 4.79 Å². The molecule has 2 saturated carbocycles. The molecule has 2 aliphatic rings. The van der Waals surface area contributed by atoms with Crippen LogP contribution in [0.2, 0.25) is 0 Å². The van der Waals surface area contributed by atoms with E-state index in [1.165, 1.54) is 32.8 Å². The fraction of sp³-hybridized carbons (Fsp3) is 0.917. The van der Waals surface area contributed by atoms with Crippen molar-refractivity contribution in [2.75, 3.05) is 33.5 Å². The molecule has 1 amide bonds. The highest BCUT2D eigenvalue weighted by molar-refractivity contribution is 5.76. The van der Waals surface area contributed by atoms with Gasteiger partial charge in [0.2, 0.25) is 5.91 Å². The molecule has 2 rings (SSSR count). The van der Waals surface area contributed by atoms with Crippen molar-refractivity contribution >= 4 is 12.1 Å². The standard InChI is InChI=1S/C13H24O4.C7H13NO.C4H10O3/c1-9(2)11-5-4-10(3)8-12(11)17-13(15)16-7-6-14;8-7(9)6-4-2-1-3-5-6;1-7-3-4(6)2-5/h9-12,14H,4-8H2,1-3H3;6H,1-5H2,(H2,8,9);4-6H,2-3H2,1H3. The van der Waals surface area contributed by atoms with Gasteiger partial charge in [0.25, 0.3) is 0 Å². The van der Waals surface area contributed by atoms with Crippen LogP contribution in [-0.2, 0) is 19.0 Å². The summed E-state index contributed by atoms with van der Waals surface area (Å²) in [7, 11) is 1.47. The number of amides is 1. The summed E-state index contributed by atoms with van der Waals surface area (Å²) in [4.78, 5) is 22.0. The predicted octanol–water partition coefficient (Wildman–Crippen LogP) is 2.63. The first-order valence-electron chi connectivity index (χ1n) is 12.2. The van der Waals surface area contributed by atoms with E-state index >= 15 is 0 Å². The molecule has 2 fully saturated rings. The molecule has 4 unspecified atom stereocenters. The van der Waals surface area contributed by atoms with Crippen LogP contribution in [0.3, 0.4) is 0 Å². The molecule has 0 bridgehead atoms. The quantitative estimate of drug-likeness (QED) is 0.390. The number of ether oxygens (including phenoxy) is 3. The Labute approximate surface area is 199 Å². The van der Waals surface area contributed by atoms with Crippen molar-refractivity contribution in [3.63, 3.8) is 0 Å². The minimum atomic E-state index is -0.718. The van der Waals surface area contributed by atoms with Crippen molar-refractivity contribution in [1.29, 1.82) is 0 Å². The van der Waals surface area contributed by atoms with Gasteiger partial charge in [-0.3, -0.25) is 4.79 Å². The number of methoxy groups -OCH3 is 1. The Balaban J connectivity index is 0.000000534. The van der Waals surface area contributed by atoms with Gasteiger partial charge in [-0.1, -0.05) is 46.5 Å². The zero-order valence-corrected chi connectivity index (χ0v) is 20.9. The van der Waals surface area contributed by atoms with Gasteiger partial charge in [-0.2, -0.15) is 0 Å². The fourth-order valence-electron chi connectivity index (χ4n) is 4.17. The first-order chi connectivity index (χ1) is 15.7. The number of aliphatic hydroxyl groups excluding tert-OH is 3. The maximum Gasteiger partial charge on any atom is 0.508 e. The van der Waals surface area contributed by atoms with Gasteiger partial charge in [0.1, 0.15) is 18.8 Å². The van der Waals surface area contributed by atoms with Crippen LogP contribution in [0.4, 0.5) is 4.79 Å². The predicted molar refractivity (Wildman–Crippen MR) is 125 cm³/mol. The van der Waals surface area contributed by atoms with Gasteiger partial charge in [0, 0.05) is 13.0 Å². The van der Waals surface area contributed by atoms with Gasteiger partial charge in [-0.15, -0.1) is 0 Å². The van der Waals surface area contributed by atoms with Gasteiger partial charge in [-0.05, 0) is 43.4 Å². The average molecular weight is 478 g/mol. The molecular weight excluding hydrogens is 430 g/mol. The monoisotopic (exact) mass is 477 g/mol. The highest BCUT2D eigenvalue weighted by atomic mass is 16.7. The molecule has 5 N–H and O–H groups in total. The molecule has 196 valence electrons. The summed E-state index contributed by atoms with van der Waals surface area (Å²) in [6.07, 6.45) is 7.52. The molecule has 0 radical (unpaired) electrons. The normalized spacial score (nSPS) is 23.9. The van der Waals surface area contributed by atoms with Crippen molar-refractivity contribution in [1.82, 2.24) is 0 Å². The number of carbonyl (C=O) groups excluding carboxylic acids is 2. The van der Waals surface area contributed by atoms with E-state index in [-0.39, 0.29) is 44.4 Å². The van der Waals surface area contributed by atoms with Gasteiger partial charge < -0.3 is 35.3 Å². The maximum absolute atomic E-state index is 11.4. The lowest BCUT2D eigenvalue weighted by molar-refractivity contribution is -0.122. The average Bonchev–Trinajstić information content (AvgIpc) is 2.79. The summed E-state index contributed by atoms with van der Waals surface area (Å²) in [5.41, 5.74) is 5.13. The van der Waals surface area contributed by atoms with Gasteiger partial charge in [0.05, 0.1) is 19.8 Å². The second kappa shape index (κ2) is 18.9. The second-order valence-corrected chi connectivity index (χ2v) is 9.33. The van der Waals surface area contributed by atoms with E-state index in [0.29, 0.717) is 17.8 Å². The Morgan fingerprint density at radius 3 is 2.12 bits per heavy atom. The molecule has 0 aromatic heterocycles. The molecule has 0 heterocycles. The van der Waals surface area contributed by atoms with E-state index in [0.717, 1.165) is 25.7 Å². The first-order valence-corrected chi connectivity index (χ1v) is 12.2. The molecule has 33 heavy (non-hydrogen) atoms. The van der Waals surface area contributed by atoms with Crippen LogP contribution < -0.4 is 5.73 Å². The highest BCUT2D eigenvalue weighted by Crippen LogP contribution is 2.35. The zero-order chi connectivity index (χ0) is 25.2. The summed E-state index contributed by atoms with van der Waals surface area (Å²) >= 11 is 0. The van der Waals surface area contributed by atoms with Crippen LogP contribution in [0, 0.1) is 23.7 Å². The van der Waals surface area contributed by atoms with Gasteiger partial charge >= 0.3 is 6.16 Å². The third kappa shape index (κ3) is 15.2. The lowest BCUT2D eigenvalue weighted by Crippen LogP contribution is -2.36. The minimum Gasteiger partial charge on any atom is -0.432 e. The van der Waals surface area contributed by atoms with Crippen molar-refractivity contribution in [3.8, 4) is 0 Å². The van der Waals surface area contributed by atoms with Crippen molar-refractivity contribution < 1.29 is 39.1 Å². The molecule has 0 spiro atoms. The molecule has 0 aromatic carbocycles.